The topological polar surface area (TPSA) is 0 Å². The Labute approximate surface area is 139 Å². The molecule has 0 aromatic heterocycles. The fourth-order valence-corrected chi connectivity index (χ4v) is 3.10. The van der Waals surface area contributed by atoms with Crippen molar-refractivity contribution in [2.24, 2.45) is 0 Å². The van der Waals surface area contributed by atoms with Crippen LogP contribution < -0.4 is 0 Å². The van der Waals surface area contributed by atoms with Crippen molar-refractivity contribution in [3.8, 4) is 0 Å². The van der Waals surface area contributed by atoms with E-state index in [0.29, 0.717) is 4.36 Å². The van der Waals surface area contributed by atoms with E-state index < -0.39 is 0 Å². The van der Waals surface area contributed by atoms with Gasteiger partial charge in [-0.25, -0.2) is 0 Å². The molecule has 0 rings (SSSR count). The molecular weight excluding hydrogens is 353 g/mol. The fourth-order valence-electron chi connectivity index (χ4n) is 1.28. The average Bonchev–Trinajstić information content (AvgIpc) is 2.35. The predicted octanol–water partition coefficient (Wildman–Crippen LogP) is 7.61. The molecular formula is C12H17Cl5S. The molecule has 6 heteroatoms. The van der Waals surface area contributed by atoms with Crippen LogP contribution in [0.4, 0.5) is 0 Å². The maximum absolute atomic E-state index is 6.01. The van der Waals surface area contributed by atoms with Crippen LogP contribution >= 0.6 is 69.8 Å². The van der Waals surface area contributed by atoms with E-state index in [2.05, 4.69) is 6.92 Å². The molecule has 0 amide bonds. The first-order chi connectivity index (χ1) is 8.50. The predicted molar refractivity (Wildman–Crippen MR) is 89.2 cm³/mol. The summed E-state index contributed by atoms with van der Waals surface area (Å²) in [5.74, 6) is 0.922. The van der Waals surface area contributed by atoms with E-state index >= 15 is 0 Å². The molecule has 0 N–H and O–H groups in total. The standard InChI is InChI=1S/C12H17Cl5S/c1-2-3-4-5-6-7-8-18-12(17)10(14)9(13)11(15)16/h2-8H2,1H3/b12-10+. The summed E-state index contributed by atoms with van der Waals surface area (Å²) < 4.78 is 0.369. The molecule has 0 aromatic carbocycles. The molecule has 0 aliphatic heterocycles. The molecule has 106 valence electrons. The van der Waals surface area contributed by atoms with Crippen molar-refractivity contribution in [3.63, 3.8) is 0 Å². The van der Waals surface area contributed by atoms with Gasteiger partial charge in [0.15, 0.2) is 0 Å². The first kappa shape index (κ1) is 19.3. The summed E-state index contributed by atoms with van der Waals surface area (Å²) in [7, 11) is 0. The zero-order valence-corrected chi connectivity index (χ0v) is 14.8. The van der Waals surface area contributed by atoms with Gasteiger partial charge in [0, 0.05) is 0 Å². The van der Waals surface area contributed by atoms with Crippen molar-refractivity contribution >= 4 is 69.8 Å². The highest BCUT2D eigenvalue weighted by atomic mass is 35.5. The number of halogens is 5. The van der Waals surface area contributed by atoms with Crippen molar-refractivity contribution in [1.29, 1.82) is 0 Å². The summed E-state index contributed by atoms with van der Waals surface area (Å²) in [6.07, 6.45) is 7.50. The zero-order valence-electron chi connectivity index (χ0n) is 10.2. The SMILES string of the molecule is CCCCCCCCS/C(Cl)=C(/Cl)C(Cl)=C(Cl)Cl. The normalized spacial score (nSPS) is 12.3. The molecule has 0 aliphatic carbocycles. The molecule has 0 unspecified atom stereocenters. The van der Waals surface area contributed by atoms with Crippen LogP contribution in [-0.4, -0.2) is 5.75 Å². The maximum Gasteiger partial charge on any atom is 0.127 e. The quantitative estimate of drug-likeness (QED) is 0.297. The largest absolute Gasteiger partial charge is 0.127 e. The second-order valence-corrected chi connectivity index (χ2v) is 7.19. The number of hydrogen-bond donors (Lipinski definition) is 0. The lowest BCUT2D eigenvalue weighted by atomic mass is 10.1. The summed E-state index contributed by atoms with van der Waals surface area (Å²) in [6.45, 7) is 2.21. The van der Waals surface area contributed by atoms with Gasteiger partial charge in [-0.05, 0) is 12.2 Å². The number of hydrogen-bond acceptors (Lipinski definition) is 1. The number of thioether (sulfide) groups is 1. The Balaban J connectivity index is 3.86. The van der Waals surface area contributed by atoms with Gasteiger partial charge >= 0.3 is 0 Å². The van der Waals surface area contributed by atoms with Crippen molar-refractivity contribution in [1.82, 2.24) is 0 Å². The average molecular weight is 371 g/mol. The molecule has 0 spiro atoms. The number of rotatable bonds is 9. The van der Waals surface area contributed by atoms with Gasteiger partial charge in [0.2, 0.25) is 0 Å². The first-order valence-electron chi connectivity index (χ1n) is 5.89. The van der Waals surface area contributed by atoms with Crippen LogP contribution in [0, 0.1) is 0 Å². The molecule has 0 radical (unpaired) electrons. The van der Waals surface area contributed by atoms with Gasteiger partial charge in [-0.3, -0.25) is 0 Å². The smallest absolute Gasteiger partial charge is 0.112 e. The van der Waals surface area contributed by atoms with Crippen LogP contribution in [0.5, 0.6) is 0 Å². The third-order valence-corrected chi connectivity index (χ3v) is 5.36. The third-order valence-electron chi connectivity index (χ3n) is 2.26. The van der Waals surface area contributed by atoms with Crippen LogP contribution in [0.1, 0.15) is 45.4 Å². The van der Waals surface area contributed by atoms with E-state index in [-0.39, 0.29) is 14.6 Å². The molecule has 0 saturated heterocycles. The van der Waals surface area contributed by atoms with Gasteiger partial charge in [-0.2, -0.15) is 0 Å². The van der Waals surface area contributed by atoms with Crippen molar-refractivity contribution in [2.75, 3.05) is 5.75 Å². The van der Waals surface area contributed by atoms with Gasteiger partial charge in [0.1, 0.15) is 4.49 Å². The van der Waals surface area contributed by atoms with E-state index in [1.807, 2.05) is 0 Å². The lowest BCUT2D eigenvalue weighted by Gasteiger charge is -2.03. The minimum atomic E-state index is -0.0695. The number of unbranched alkanes of at least 4 members (excludes halogenated alkanes) is 5. The monoisotopic (exact) mass is 368 g/mol. The summed E-state index contributed by atoms with van der Waals surface area (Å²) in [6, 6.07) is 0. The highest BCUT2D eigenvalue weighted by molar-refractivity contribution is 8.04. The Morgan fingerprint density at radius 3 is 1.89 bits per heavy atom. The lowest BCUT2D eigenvalue weighted by Crippen LogP contribution is -1.84. The summed E-state index contributed by atoms with van der Waals surface area (Å²) >= 11 is 30.2. The molecule has 0 heterocycles. The second kappa shape index (κ2) is 12.1. The highest BCUT2D eigenvalue weighted by Gasteiger charge is 2.09. The Hall–Kier alpha value is 1.28. The van der Waals surface area contributed by atoms with Crippen molar-refractivity contribution < 1.29 is 0 Å². The zero-order chi connectivity index (χ0) is 14.0. The highest BCUT2D eigenvalue weighted by Crippen LogP contribution is 2.36. The minimum absolute atomic E-state index is 0.0695. The molecule has 0 bridgehead atoms. The van der Waals surface area contributed by atoms with Crippen LogP contribution in [0.25, 0.3) is 0 Å². The van der Waals surface area contributed by atoms with E-state index in [1.165, 1.54) is 43.9 Å². The molecule has 0 saturated carbocycles. The van der Waals surface area contributed by atoms with Crippen LogP contribution in [-0.2, 0) is 0 Å². The molecule has 0 fully saturated rings. The molecule has 0 atom stereocenters. The van der Waals surface area contributed by atoms with Gasteiger partial charge in [0.05, 0.1) is 14.4 Å². The Bertz CT molecular complexity index is 295. The van der Waals surface area contributed by atoms with Gasteiger partial charge in [-0.1, -0.05) is 97.0 Å². The molecule has 0 aromatic rings. The number of allylic oxidation sites excluding steroid dienone is 2. The Morgan fingerprint density at radius 2 is 1.33 bits per heavy atom. The molecule has 0 nitrogen and oxygen atoms in total. The Kier molecular flexibility index (Phi) is 12.9. The molecule has 0 aliphatic rings. The first-order valence-corrected chi connectivity index (χ1v) is 8.77. The van der Waals surface area contributed by atoms with Gasteiger partial charge in [0.25, 0.3) is 0 Å². The van der Waals surface area contributed by atoms with E-state index in [9.17, 15) is 0 Å². The fraction of sp³-hybridized carbons (Fsp3) is 0.667. The van der Waals surface area contributed by atoms with Crippen LogP contribution in [0.15, 0.2) is 18.9 Å². The van der Waals surface area contributed by atoms with Gasteiger partial charge in [-0.15, -0.1) is 11.8 Å². The summed E-state index contributed by atoms with van der Waals surface area (Å²) in [5.41, 5.74) is 0. The maximum atomic E-state index is 6.01. The minimum Gasteiger partial charge on any atom is -0.112 e. The van der Waals surface area contributed by atoms with E-state index in [4.69, 9.17) is 58.0 Å². The third kappa shape index (κ3) is 9.23. The van der Waals surface area contributed by atoms with E-state index in [1.54, 1.807) is 0 Å². The molecule has 18 heavy (non-hydrogen) atoms. The van der Waals surface area contributed by atoms with Crippen LogP contribution in [0.2, 0.25) is 0 Å². The van der Waals surface area contributed by atoms with Crippen LogP contribution in [0.3, 0.4) is 0 Å². The van der Waals surface area contributed by atoms with E-state index in [0.717, 1.165) is 12.2 Å². The summed E-state index contributed by atoms with van der Waals surface area (Å²) in [5, 5.41) is 0.315. The Morgan fingerprint density at radius 1 is 0.778 bits per heavy atom. The van der Waals surface area contributed by atoms with Crippen molar-refractivity contribution in [2.45, 2.75) is 45.4 Å². The second-order valence-electron chi connectivity index (χ2n) is 3.78. The summed E-state index contributed by atoms with van der Waals surface area (Å²) in [4.78, 5) is 0. The van der Waals surface area contributed by atoms with Crippen molar-refractivity contribution in [3.05, 3.63) is 18.9 Å². The van der Waals surface area contributed by atoms with Gasteiger partial charge < -0.3 is 0 Å². The lowest BCUT2D eigenvalue weighted by molar-refractivity contribution is 0.627.